The molecule has 1 heterocycles. The molecule has 0 unspecified atom stereocenters. The lowest BCUT2D eigenvalue weighted by atomic mass is 10.2. The Morgan fingerprint density at radius 3 is 2.26 bits per heavy atom. The van der Waals surface area contributed by atoms with E-state index in [1.165, 1.54) is 10.6 Å². The van der Waals surface area contributed by atoms with Crippen LogP contribution in [-0.4, -0.2) is 28.5 Å². The summed E-state index contributed by atoms with van der Waals surface area (Å²) in [6.07, 6.45) is 1.56. The fourth-order valence-corrected chi connectivity index (χ4v) is 2.85. The Bertz CT molecular complexity index is 747. The van der Waals surface area contributed by atoms with Gasteiger partial charge in [-0.15, -0.1) is 0 Å². The van der Waals surface area contributed by atoms with Crippen molar-refractivity contribution in [2.24, 2.45) is 0 Å². The zero-order valence-electron chi connectivity index (χ0n) is 13.1. The van der Waals surface area contributed by atoms with E-state index >= 15 is 0 Å². The number of nitrogens with zero attached hydrogens (tertiary/aromatic N) is 2. The van der Waals surface area contributed by atoms with Gasteiger partial charge in [0.25, 0.3) is 11.5 Å². The summed E-state index contributed by atoms with van der Waals surface area (Å²) in [5, 5.41) is 0.981. The number of rotatable bonds is 5. The summed E-state index contributed by atoms with van der Waals surface area (Å²) in [6, 6.07) is 8.13. The van der Waals surface area contributed by atoms with Gasteiger partial charge in [0, 0.05) is 41.0 Å². The van der Waals surface area contributed by atoms with Crippen LogP contribution in [0.4, 0.5) is 0 Å². The molecular formula is C17H18Cl2N2O2. The average Bonchev–Trinajstić information content (AvgIpc) is 2.53. The highest BCUT2D eigenvalue weighted by molar-refractivity contribution is 6.35. The van der Waals surface area contributed by atoms with Crippen molar-refractivity contribution in [3.05, 3.63) is 68.1 Å². The van der Waals surface area contributed by atoms with Gasteiger partial charge in [-0.3, -0.25) is 9.59 Å². The second kappa shape index (κ2) is 7.66. The molecule has 0 fully saturated rings. The van der Waals surface area contributed by atoms with E-state index in [2.05, 4.69) is 0 Å². The van der Waals surface area contributed by atoms with E-state index in [1.807, 2.05) is 13.8 Å². The van der Waals surface area contributed by atoms with E-state index in [1.54, 1.807) is 35.4 Å². The van der Waals surface area contributed by atoms with Crippen LogP contribution in [0, 0.1) is 0 Å². The Morgan fingerprint density at radius 1 is 1.09 bits per heavy atom. The highest BCUT2D eigenvalue weighted by atomic mass is 35.5. The number of carbonyl (C=O) groups is 1. The van der Waals surface area contributed by atoms with E-state index in [-0.39, 0.29) is 18.0 Å². The molecule has 122 valence electrons. The van der Waals surface area contributed by atoms with Crippen LogP contribution in [0.1, 0.15) is 29.8 Å². The third-order valence-corrected chi connectivity index (χ3v) is 4.38. The number of amides is 1. The van der Waals surface area contributed by atoms with Gasteiger partial charge >= 0.3 is 0 Å². The maximum atomic E-state index is 12.4. The molecule has 1 aromatic heterocycles. The van der Waals surface area contributed by atoms with Gasteiger partial charge in [0.05, 0.1) is 12.1 Å². The lowest BCUT2D eigenvalue weighted by molar-refractivity contribution is 0.0772. The molecule has 0 aliphatic heterocycles. The maximum Gasteiger partial charge on any atom is 0.255 e. The molecule has 0 aliphatic rings. The fourth-order valence-electron chi connectivity index (χ4n) is 2.33. The summed E-state index contributed by atoms with van der Waals surface area (Å²) in [5.41, 5.74) is 0.916. The number of aromatic nitrogens is 1. The van der Waals surface area contributed by atoms with Crippen molar-refractivity contribution in [2.75, 3.05) is 13.1 Å². The predicted molar refractivity (Wildman–Crippen MR) is 93.5 cm³/mol. The second-order valence-corrected chi connectivity index (χ2v) is 5.88. The predicted octanol–water partition coefficient (Wildman–Crippen LogP) is 3.69. The van der Waals surface area contributed by atoms with E-state index in [0.29, 0.717) is 34.3 Å². The van der Waals surface area contributed by atoms with Gasteiger partial charge in [-0.1, -0.05) is 29.3 Å². The Balaban J connectivity index is 2.39. The van der Waals surface area contributed by atoms with Gasteiger partial charge in [-0.25, -0.2) is 0 Å². The zero-order chi connectivity index (χ0) is 17.0. The maximum absolute atomic E-state index is 12.4. The van der Waals surface area contributed by atoms with Crippen molar-refractivity contribution < 1.29 is 4.79 Å². The van der Waals surface area contributed by atoms with Crippen molar-refractivity contribution in [2.45, 2.75) is 20.4 Å². The van der Waals surface area contributed by atoms with Crippen LogP contribution in [0.25, 0.3) is 0 Å². The minimum Gasteiger partial charge on any atom is -0.339 e. The van der Waals surface area contributed by atoms with Crippen molar-refractivity contribution in [1.29, 1.82) is 0 Å². The normalized spacial score (nSPS) is 10.6. The zero-order valence-corrected chi connectivity index (χ0v) is 14.6. The molecule has 0 saturated heterocycles. The summed E-state index contributed by atoms with van der Waals surface area (Å²) < 4.78 is 1.45. The van der Waals surface area contributed by atoms with Crippen molar-refractivity contribution >= 4 is 29.1 Å². The smallest absolute Gasteiger partial charge is 0.255 e. The highest BCUT2D eigenvalue weighted by Crippen LogP contribution is 2.24. The summed E-state index contributed by atoms with van der Waals surface area (Å²) in [4.78, 5) is 26.2. The van der Waals surface area contributed by atoms with Crippen LogP contribution >= 0.6 is 23.2 Å². The molecule has 0 N–H and O–H groups in total. The van der Waals surface area contributed by atoms with Gasteiger partial charge in [-0.2, -0.15) is 0 Å². The van der Waals surface area contributed by atoms with E-state index in [4.69, 9.17) is 23.2 Å². The molecule has 2 aromatic rings. The molecule has 0 saturated carbocycles. The number of halogens is 2. The molecule has 0 radical (unpaired) electrons. The van der Waals surface area contributed by atoms with Crippen molar-refractivity contribution in [3.8, 4) is 0 Å². The monoisotopic (exact) mass is 352 g/mol. The van der Waals surface area contributed by atoms with E-state index in [9.17, 15) is 9.59 Å². The molecule has 0 spiro atoms. The Kier molecular flexibility index (Phi) is 5.85. The summed E-state index contributed by atoms with van der Waals surface area (Å²) >= 11 is 12.3. The van der Waals surface area contributed by atoms with Gasteiger partial charge in [0.1, 0.15) is 0 Å². The lowest BCUT2D eigenvalue weighted by Crippen LogP contribution is -2.32. The average molecular weight is 353 g/mol. The van der Waals surface area contributed by atoms with Crippen molar-refractivity contribution in [1.82, 2.24) is 9.47 Å². The molecule has 0 atom stereocenters. The number of carbonyl (C=O) groups excluding carboxylic acids is 1. The molecule has 4 nitrogen and oxygen atoms in total. The first-order chi connectivity index (χ1) is 11.0. The standard InChI is InChI=1S/C17H18Cl2N2O2/c1-3-20(4-2)17(23)12-8-9-16(22)21(10-12)11-13-14(18)6-5-7-15(13)19/h5-10H,3-4,11H2,1-2H3. The first-order valence-electron chi connectivity index (χ1n) is 7.40. The molecule has 23 heavy (non-hydrogen) atoms. The van der Waals surface area contributed by atoms with Gasteiger partial charge in [-0.05, 0) is 32.0 Å². The topological polar surface area (TPSA) is 42.3 Å². The van der Waals surface area contributed by atoms with Crippen LogP contribution in [0.3, 0.4) is 0 Å². The summed E-state index contributed by atoms with van der Waals surface area (Å²) in [7, 11) is 0. The first-order valence-corrected chi connectivity index (χ1v) is 8.16. The van der Waals surface area contributed by atoms with Crippen LogP contribution in [0.15, 0.2) is 41.3 Å². The Labute approximate surface area is 145 Å². The quantitative estimate of drug-likeness (QED) is 0.823. The molecule has 1 amide bonds. The van der Waals surface area contributed by atoms with Crippen molar-refractivity contribution in [3.63, 3.8) is 0 Å². The van der Waals surface area contributed by atoms with E-state index in [0.717, 1.165) is 0 Å². The fraction of sp³-hybridized carbons (Fsp3) is 0.294. The largest absolute Gasteiger partial charge is 0.339 e. The lowest BCUT2D eigenvalue weighted by Gasteiger charge is -2.19. The molecule has 0 bridgehead atoms. The van der Waals surface area contributed by atoms with Crippen LogP contribution in [-0.2, 0) is 6.54 Å². The number of hydrogen-bond donors (Lipinski definition) is 0. The van der Waals surface area contributed by atoms with Gasteiger partial charge < -0.3 is 9.47 Å². The van der Waals surface area contributed by atoms with Crippen LogP contribution in [0.5, 0.6) is 0 Å². The summed E-state index contributed by atoms with van der Waals surface area (Å²) in [5.74, 6) is -0.103. The Morgan fingerprint density at radius 2 is 1.70 bits per heavy atom. The third kappa shape index (κ3) is 3.95. The molecular weight excluding hydrogens is 335 g/mol. The molecule has 1 aromatic carbocycles. The minimum absolute atomic E-state index is 0.103. The number of hydrogen-bond acceptors (Lipinski definition) is 2. The Hall–Kier alpha value is -1.78. The molecule has 2 rings (SSSR count). The SMILES string of the molecule is CCN(CC)C(=O)c1ccc(=O)n(Cc2c(Cl)cccc2Cl)c1. The molecule has 6 heteroatoms. The minimum atomic E-state index is -0.211. The van der Waals surface area contributed by atoms with Gasteiger partial charge in [0.15, 0.2) is 0 Å². The number of benzene rings is 1. The van der Waals surface area contributed by atoms with Gasteiger partial charge in [0.2, 0.25) is 0 Å². The first kappa shape index (κ1) is 17.6. The highest BCUT2D eigenvalue weighted by Gasteiger charge is 2.14. The summed E-state index contributed by atoms with van der Waals surface area (Å²) in [6.45, 7) is 5.29. The second-order valence-electron chi connectivity index (χ2n) is 5.06. The van der Waals surface area contributed by atoms with Crippen LogP contribution < -0.4 is 5.56 Å². The number of pyridine rings is 1. The van der Waals surface area contributed by atoms with E-state index < -0.39 is 0 Å². The molecule has 0 aliphatic carbocycles. The van der Waals surface area contributed by atoms with Crippen LogP contribution in [0.2, 0.25) is 10.0 Å². The third-order valence-electron chi connectivity index (χ3n) is 3.67.